The highest BCUT2D eigenvalue weighted by atomic mass is 35.5. The van der Waals surface area contributed by atoms with Crippen LogP contribution in [-0.2, 0) is 36.1 Å². The van der Waals surface area contributed by atoms with Crippen LogP contribution in [0.2, 0.25) is 5.02 Å². The molecule has 6 rings (SSSR count). The van der Waals surface area contributed by atoms with Crippen LogP contribution in [0.3, 0.4) is 0 Å². The highest BCUT2D eigenvalue weighted by Crippen LogP contribution is 2.47. The van der Waals surface area contributed by atoms with Crippen LogP contribution < -0.4 is 14.4 Å². The van der Waals surface area contributed by atoms with E-state index in [0.717, 1.165) is 55.9 Å². The van der Waals surface area contributed by atoms with E-state index in [2.05, 4.69) is 33.9 Å². The molecule has 0 aromatic heterocycles. The molecule has 48 heavy (non-hydrogen) atoms. The van der Waals surface area contributed by atoms with Gasteiger partial charge in [0.05, 0.1) is 44.8 Å². The first kappa shape index (κ1) is 35.2. The van der Waals surface area contributed by atoms with E-state index in [-0.39, 0.29) is 17.4 Å². The number of allylic oxidation sites excluding steroid dienone is 1. The molecule has 2 N–H and O–H groups in total. The van der Waals surface area contributed by atoms with Crippen molar-refractivity contribution >= 4 is 33.2 Å². The summed E-state index contributed by atoms with van der Waals surface area (Å²) in [5.74, 6) is 0.668. The van der Waals surface area contributed by atoms with Crippen LogP contribution in [0.4, 0.5) is 5.69 Å². The van der Waals surface area contributed by atoms with Gasteiger partial charge in [0.1, 0.15) is 11.0 Å². The van der Waals surface area contributed by atoms with Gasteiger partial charge in [0, 0.05) is 36.2 Å². The molecule has 2 aliphatic heterocycles. The third-order valence-corrected chi connectivity index (χ3v) is 13.2. The fraction of sp³-hybridized carbons (Fsp3) is 0.595. The van der Waals surface area contributed by atoms with E-state index >= 15 is 0 Å². The number of carbonyl (C=O) groups excluding carboxylic acids is 1. The lowest BCUT2D eigenvalue weighted by Crippen LogP contribution is -2.49. The summed E-state index contributed by atoms with van der Waals surface area (Å²) in [5, 5.41) is 0.0818. The molecule has 1 amide bonds. The Kier molecular flexibility index (Phi) is 11.1. The second kappa shape index (κ2) is 15.1. The number of benzene rings is 2. The van der Waals surface area contributed by atoms with E-state index in [1.54, 1.807) is 20.1 Å². The molecule has 2 aromatic carbocycles. The molecule has 2 aliphatic carbocycles. The molecule has 262 valence electrons. The number of nitrogens with zero attached hydrogens (tertiary/aromatic N) is 1. The number of nitrogens with one attached hydrogen (secondary N) is 1. The molecule has 1 spiro atoms. The second-order valence-electron chi connectivity index (χ2n) is 14.1. The third-order valence-electron chi connectivity index (χ3n) is 11.0. The van der Waals surface area contributed by atoms with Crippen molar-refractivity contribution in [3.63, 3.8) is 0 Å². The number of methoxy groups -OCH3 is 1. The van der Waals surface area contributed by atoms with Gasteiger partial charge in [-0.25, -0.2) is 8.93 Å². The largest absolute Gasteiger partial charge is 0.490 e. The molecule has 2 heterocycles. The summed E-state index contributed by atoms with van der Waals surface area (Å²) < 4.78 is 50.9. The number of fused-ring (bicyclic) bond motifs is 4. The molecule has 7 atom stereocenters. The monoisotopic (exact) mass is 701 g/mol. The number of hydrogen-bond acceptors (Lipinski definition) is 7. The van der Waals surface area contributed by atoms with Gasteiger partial charge in [-0.05, 0) is 105 Å². The Labute approximate surface area is 290 Å². The number of carbonyl (C=O) groups is 1. The lowest BCUT2D eigenvalue weighted by molar-refractivity contribution is -0.0410. The first-order valence-electron chi connectivity index (χ1n) is 17.3. The van der Waals surface area contributed by atoms with Crippen LogP contribution in [0, 0.1) is 17.8 Å². The Hall–Kier alpha value is -2.63. The highest BCUT2D eigenvalue weighted by molar-refractivity contribution is 7.90. The Morgan fingerprint density at radius 1 is 1.12 bits per heavy atom. The lowest BCUT2D eigenvalue weighted by Gasteiger charge is -2.46. The van der Waals surface area contributed by atoms with Crippen LogP contribution in [-0.4, -0.2) is 78.9 Å². The van der Waals surface area contributed by atoms with E-state index < -0.39 is 21.2 Å². The zero-order valence-corrected chi connectivity index (χ0v) is 29.9. The van der Waals surface area contributed by atoms with Crippen molar-refractivity contribution in [1.82, 2.24) is 4.72 Å². The minimum atomic E-state index is -3.68. The normalized spacial score (nSPS) is 32.6. The standard InChI is InChI=1S/C37H49ClN2O7S/c1-25-6-4-8-34(46-19-18-45-17-16-44-3)31-12-9-29(31)22-40-23-37(15-5-7-27-20-30(38)11-13-32(27)37)24-47-35-14-10-28(21-33(35)40)36(41)39-48(42,43)26(25)2/h4,8,10-11,13-14,20-21,25-26,29,31,34H,5-7,9,12,15-19,22-24H2,1-3H3,(H,39,41,42,43)/p+1/b8-4+/t25-,26+,29-,31+,34-,37-/m0/s1. The average molecular weight is 702 g/mol. The van der Waals surface area contributed by atoms with Crippen LogP contribution >= 0.6 is 11.6 Å². The summed E-state index contributed by atoms with van der Waals surface area (Å²) in [6, 6.07) is 11.6. The van der Waals surface area contributed by atoms with E-state index in [1.165, 1.54) is 11.1 Å². The van der Waals surface area contributed by atoms with Crippen molar-refractivity contribution < 1.29 is 32.2 Å². The minimum Gasteiger partial charge on any atom is -0.490 e. The first-order chi connectivity index (χ1) is 23.1. The number of rotatable bonds is 7. The number of ether oxygens (including phenoxy) is 4. The molecule has 0 radical (unpaired) electrons. The number of amides is 1. The Morgan fingerprint density at radius 2 is 1.96 bits per heavy atom. The average Bonchev–Trinajstić information content (AvgIpc) is 3.20. The number of halogens is 1. The van der Waals surface area contributed by atoms with Crippen LogP contribution in [0.15, 0.2) is 48.6 Å². The summed E-state index contributed by atoms with van der Waals surface area (Å²) >= 11 is 6.45. The Bertz CT molecular complexity index is 1600. The SMILES string of the molecule is COCCOCCO[C@H]1/C=C/C[C@H](C)[C@@H](C)S(=O)(=[OH+])NC(=O)c2ccc3c(c2)N(C[C@@H]2CC[C@H]21)C[C@@]1(CCCc2cc(Cl)ccc21)CO3. The van der Waals surface area contributed by atoms with Gasteiger partial charge in [0.15, 0.2) is 0 Å². The van der Waals surface area contributed by atoms with E-state index in [0.29, 0.717) is 62.6 Å². The maximum absolute atomic E-state index is 13.5. The van der Waals surface area contributed by atoms with E-state index in [9.17, 15) is 13.2 Å². The molecule has 2 bridgehead atoms. The van der Waals surface area contributed by atoms with Crippen molar-refractivity contribution in [2.24, 2.45) is 17.8 Å². The molecule has 2 aromatic rings. The van der Waals surface area contributed by atoms with Crippen molar-refractivity contribution in [2.75, 3.05) is 58.1 Å². The van der Waals surface area contributed by atoms with Gasteiger partial charge < -0.3 is 23.8 Å². The Morgan fingerprint density at radius 3 is 2.75 bits per heavy atom. The first-order valence-corrected chi connectivity index (χ1v) is 19.3. The molecular weight excluding hydrogens is 652 g/mol. The lowest BCUT2D eigenvalue weighted by atomic mass is 9.68. The summed E-state index contributed by atoms with van der Waals surface area (Å²) in [6.07, 6.45) is 9.82. The zero-order valence-electron chi connectivity index (χ0n) is 28.3. The van der Waals surface area contributed by atoms with Gasteiger partial charge >= 0.3 is 10.0 Å². The third kappa shape index (κ3) is 7.58. The van der Waals surface area contributed by atoms with Gasteiger partial charge in [0.2, 0.25) is 0 Å². The molecule has 4 aliphatic rings. The topological polar surface area (TPSA) is 108 Å². The molecule has 9 nitrogen and oxygen atoms in total. The zero-order chi connectivity index (χ0) is 33.9. The molecule has 1 saturated carbocycles. The fourth-order valence-corrected chi connectivity index (χ4v) is 9.33. The summed E-state index contributed by atoms with van der Waals surface area (Å²) in [5.41, 5.74) is 3.47. The molecule has 11 heteroatoms. The van der Waals surface area contributed by atoms with E-state index in [4.69, 9.17) is 30.5 Å². The number of aryl methyl sites for hydroxylation is 1. The smallest absolute Gasteiger partial charge is 0.371 e. The van der Waals surface area contributed by atoms with Gasteiger partial charge in [-0.2, -0.15) is 4.21 Å². The summed E-state index contributed by atoms with van der Waals surface area (Å²) in [6.45, 7) is 7.70. The van der Waals surface area contributed by atoms with Gasteiger partial charge in [-0.3, -0.25) is 4.79 Å². The second-order valence-corrected chi connectivity index (χ2v) is 16.6. The summed E-state index contributed by atoms with van der Waals surface area (Å²) in [7, 11) is -2.02. The summed E-state index contributed by atoms with van der Waals surface area (Å²) in [4.78, 5) is 15.9. The van der Waals surface area contributed by atoms with Crippen LogP contribution in [0.5, 0.6) is 5.75 Å². The maximum Gasteiger partial charge on any atom is 0.371 e. The van der Waals surface area contributed by atoms with Crippen molar-refractivity contribution in [3.05, 3.63) is 70.3 Å². The number of hydrogen-bond donors (Lipinski definition) is 1. The van der Waals surface area contributed by atoms with Crippen molar-refractivity contribution in [3.8, 4) is 5.75 Å². The van der Waals surface area contributed by atoms with Crippen molar-refractivity contribution in [2.45, 2.75) is 69.1 Å². The predicted octanol–water partition coefficient (Wildman–Crippen LogP) is 6.09. The Balaban J connectivity index is 1.36. The van der Waals surface area contributed by atoms with Crippen LogP contribution in [0.1, 0.15) is 67.4 Å². The fourth-order valence-electron chi connectivity index (χ4n) is 7.82. The highest BCUT2D eigenvalue weighted by Gasteiger charge is 2.45. The number of anilines is 1. The maximum atomic E-state index is 13.5. The van der Waals surface area contributed by atoms with Gasteiger partial charge in [0.25, 0.3) is 5.91 Å². The van der Waals surface area contributed by atoms with Gasteiger partial charge in [-0.15, -0.1) is 0 Å². The predicted molar refractivity (Wildman–Crippen MR) is 189 cm³/mol. The van der Waals surface area contributed by atoms with Crippen molar-refractivity contribution in [1.29, 1.82) is 0 Å². The van der Waals surface area contributed by atoms with Gasteiger partial charge in [-0.1, -0.05) is 36.7 Å². The molecule has 1 unspecified atom stereocenters. The molecule has 1 fully saturated rings. The molecule has 0 saturated heterocycles. The molecular formula is C37H50ClN2O7S+. The quantitative estimate of drug-likeness (QED) is 0.212. The van der Waals surface area contributed by atoms with Crippen LogP contribution in [0.25, 0.3) is 0 Å². The van der Waals surface area contributed by atoms with E-state index in [1.807, 2.05) is 25.1 Å². The minimum absolute atomic E-state index is 0.107.